The van der Waals surface area contributed by atoms with Crippen molar-refractivity contribution >= 4 is 21.6 Å². The maximum atomic E-state index is 10.7. The van der Waals surface area contributed by atoms with E-state index < -0.39 is 4.92 Å². The maximum Gasteiger partial charge on any atom is 0.287 e. The molecule has 1 heterocycles. The minimum atomic E-state index is -0.423. The Hall–Kier alpha value is -1.14. The van der Waals surface area contributed by atoms with Crippen LogP contribution in [-0.4, -0.2) is 24.6 Å². The first-order chi connectivity index (χ1) is 8.18. The van der Waals surface area contributed by atoms with Crippen molar-refractivity contribution in [2.45, 2.75) is 6.42 Å². The van der Waals surface area contributed by atoms with Crippen LogP contribution in [0, 0.1) is 16.0 Å². The van der Waals surface area contributed by atoms with Gasteiger partial charge in [0.25, 0.3) is 5.69 Å². The van der Waals surface area contributed by atoms with Crippen LogP contribution in [0.25, 0.3) is 0 Å². The fourth-order valence-electron chi connectivity index (χ4n) is 1.82. The molecule has 1 unspecified atom stereocenters. The summed E-state index contributed by atoms with van der Waals surface area (Å²) in [6, 6.07) is 4.82. The molecular formula is C11H13BrN2O3. The number of rotatable bonds is 4. The Balaban J connectivity index is 2.04. The molecule has 1 saturated heterocycles. The number of nitrogens with zero attached hydrogens (tertiary/aromatic N) is 1. The van der Waals surface area contributed by atoms with Crippen molar-refractivity contribution in [2.75, 3.05) is 19.7 Å². The molecule has 1 aromatic rings. The number of hydrogen-bond donors (Lipinski definition) is 1. The fourth-order valence-corrected chi connectivity index (χ4v) is 2.34. The Morgan fingerprint density at radius 3 is 3.06 bits per heavy atom. The zero-order valence-corrected chi connectivity index (χ0v) is 10.8. The lowest BCUT2D eigenvalue weighted by Gasteiger charge is -2.11. The van der Waals surface area contributed by atoms with Gasteiger partial charge in [-0.15, -0.1) is 0 Å². The lowest BCUT2D eigenvalue weighted by molar-refractivity contribution is -0.385. The third kappa shape index (κ3) is 2.95. The molecule has 1 fully saturated rings. The number of nitro benzene ring substituents is 1. The van der Waals surface area contributed by atoms with E-state index in [0.29, 0.717) is 22.7 Å². The van der Waals surface area contributed by atoms with Gasteiger partial charge in [0.05, 0.1) is 11.5 Å². The van der Waals surface area contributed by atoms with Crippen molar-refractivity contribution in [2.24, 2.45) is 5.92 Å². The van der Waals surface area contributed by atoms with Crippen molar-refractivity contribution in [1.29, 1.82) is 0 Å². The van der Waals surface area contributed by atoms with E-state index >= 15 is 0 Å². The molecule has 1 N–H and O–H groups in total. The smallest absolute Gasteiger partial charge is 0.287 e. The van der Waals surface area contributed by atoms with Gasteiger partial charge in [0.1, 0.15) is 10.2 Å². The highest BCUT2D eigenvalue weighted by Gasteiger charge is 2.19. The number of ether oxygens (including phenoxy) is 1. The second kappa shape index (κ2) is 5.46. The molecule has 0 bridgehead atoms. The SMILES string of the molecule is O=[N+]([O-])c1cccc(OCC2CCNC2)c1Br. The highest BCUT2D eigenvalue weighted by Crippen LogP contribution is 2.34. The summed E-state index contributed by atoms with van der Waals surface area (Å²) in [6.07, 6.45) is 1.09. The zero-order chi connectivity index (χ0) is 12.3. The van der Waals surface area contributed by atoms with Gasteiger partial charge in [0, 0.05) is 18.5 Å². The van der Waals surface area contributed by atoms with Crippen molar-refractivity contribution in [3.05, 3.63) is 32.8 Å². The second-order valence-electron chi connectivity index (χ2n) is 4.02. The second-order valence-corrected chi connectivity index (χ2v) is 4.81. The van der Waals surface area contributed by atoms with Crippen LogP contribution in [0.2, 0.25) is 0 Å². The van der Waals surface area contributed by atoms with Crippen LogP contribution in [0.3, 0.4) is 0 Å². The van der Waals surface area contributed by atoms with Crippen molar-refractivity contribution in [3.63, 3.8) is 0 Å². The molecule has 1 atom stereocenters. The average molecular weight is 301 g/mol. The lowest BCUT2D eigenvalue weighted by Crippen LogP contribution is -2.15. The Morgan fingerprint density at radius 1 is 1.59 bits per heavy atom. The maximum absolute atomic E-state index is 10.7. The van der Waals surface area contributed by atoms with E-state index in [1.165, 1.54) is 6.07 Å². The van der Waals surface area contributed by atoms with Gasteiger partial charge in [-0.2, -0.15) is 0 Å². The largest absolute Gasteiger partial charge is 0.492 e. The Kier molecular flexibility index (Phi) is 3.96. The topological polar surface area (TPSA) is 64.4 Å². The van der Waals surface area contributed by atoms with Gasteiger partial charge in [0.2, 0.25) is 0 Å². The van der Waals surface area contributed by atoms with E-state index in [-0.39, 0.29) is 5.69 Å². The molecule has 0 spiro atoms. The molecule has 0 aromatic heterocycles. The predicted molar refractivity (Wildman–Crippen MR) is 67.3 cm³/mol. The van der Waals surface area contributed by atoms with E-state index in [9.17, 15) is 10.1 Å². The lowest BCUT2D eigenvalue weighted by atomic mass is 10.1. The van der Waals surface area contributed by atoms with E-state index in [1.54, 1.807) is 12.1 Å². The van der Waals surface area contributed by atoms with Crippen LogP contribution in [0.4, 0.5) is 5.69 Å². The van der Waals surface area contributed by atoms with Crippen LogP contribution in [0.15, 0.2) is 22.7 Å². The van der Waals surface area contributed by atoms with Crippen LogP contribution >= 0.6 is 15.9 Å². The molecule has 0 radical (unpaired) electrons. The highest BCUT2D eigenvalue weighted by molar-refractivity contribution is 9.10. The molecule has 1 aliphatic heterocycles. The molecular weight excluding hydrogens is 288 g/mol. The summed E-state index contributed by atoms with van der Waals surface area (Å²) in [5, 5.41) is 14.0. The third-order valence-electron chi connectivity index (χ3n) is 2.78. The van der Waals surface area contributed by atoms with Gasteiger partial charge in [-0.25, -0.2) is 0 Å². The molecule has 5 nitrogen and oxygen atoms in total. The zero-order valence-electron chi connectivity index (χ0n) is 9.19. The van der Waals surface area contributed by atoms with Crippen molar-refractivity contribution in [1.82, 2.24) is 5.32 Å². The van der Waals surface area contributed by atoms with Gasteiger partial charge in [-0.3, -0.25) is 10.1 Å². The van der Waals surface area contributed by atoms with Crippen molar-refractivity contribution in [3.8, 4) is 5.75 Å². The molecule has 0 amide bonds. The van der Waals surface area contributed by atoms with Crippen LogP contribution in [-0.2, 0) is 0 Å². The van der Waals surface area contributed by atoms with Crippen molar-refractivity contribution < 1.29 is 9.66 Å². The van der Waals surface area contributed by atoms with Crippen LogP contribution in [0.1, 0.15) is 6.42 Å². The Bertz CT molecular complexity index is 419. The van der Waals surface area contributed by atoms with Gasteiger partial charge >= 0.3 is 0 Å². The van der Waals surface area contributed by atoms with E-state index in [2.05, 4.69) is 21.2 Å². The molecule has 0 saturated carbocycles. The fraction of sp³-hybridized carbons (Fsp3) is 0.455. The van der Waals surface area contributed by atoms with E-state index in [4.69, 9.17) is 4.74 Å². The summed E-state index contributed by atoms with van der Waals surface area (Å²) < 4.78 is 6.03. The van der Waals surface area contributed by atoms with Crippen LogP contribution in [0.5, 0.6) is 5.75 Å². The monoisotopic (exact) mass is 300 g/mol. The molecule has 2 rings (SSSR count). The molecule has 0 aliphatic carbocycles. The van der Waals surface area contributed by atoms with Gasteiger partial charge in [-0.05, 0) is 35.0 Å². The number of nitro groups is 1. The summed E-state index contributed by atoms with van der Waals surface area (Å²) in [5.74, 6) is 1.02. The average Bonchev–Trinajstić information content (AvgIpc) is 2.80. The Labute approximate surface area is 107 Å². The summed E-state index contributed by atoms with van der Waals surface area (Å²) in [4.78, 5) is 10.3. The summed E-state index contributed by atoms with van der Waals surface area (Å²) >= 11 is 3.21. The van der Waals surface area contributed by atoms with E-state index in [0.717, 1.165) is 19.5 Å². The summed E-state index contributed by atoms with van der Waals surface area (Å²) in [5.41, 5.74) is 0.0343. The summed E-state index contributed by atoms with van der Waals surface area (Å²) in [7, 11) is 0. The van der Waals surface area contributed by atoms with Gasteiger partial charge < -0.3 is 10.1 Å². The van der Waals surface area contributed by atoms with Gasteiger partial charge in [-0.1, -0.05) is 6.07 Å². The molecule has 92 valence electrons. The third-order valence-corrected chi connectivity index (χ3v) is 3.57. The standard InChI is InChI=1S/C11H13BrN2O3/c12-11-9(14(15)16)2-1-3-10(11)17-7-8-4-5-13-6-8/h1-3,8,13H,4-7H2. The Morgan fingerprint density at radius 2 is 2.41 bits per heavy atom. The minimum Gasteiger partial charge on any atom is -0.492 e. The first-order valence-corrected chi connectivity index (χ1v) is 6.24. The molecule has 6 heteroatoms. The number of halogens is 1. The van der Waals surface area contributed by atoms with Crippen LogP contribution < -0.4 is 10.1 Å². The highest BCUT2D eigenvalue weighted by atomic mass is 79.9. The normalized spacial score (nSPS) is 19.2. The minimum absolute atomic E-state index is 0.0343. The number of hydrogen-bond acceptors (Lipinski definition) is 4. The number of benzene rings is 1. The quantitative estimate of drug-likeness (QED) is 0.685. The molecule has 17 heavy (non-hydrogen) atoms. The summed E-state index contributed by atoms with van der Waals surface area (Å²) in [6.45, 7) is 2.56. The van der Waals surface area contributed by atoms with Gasteiger partial charge in [0.15, 0.2) is 0 Å². The van der Waals surface area contributed by atoms with E-state index in [1.807, 2.05) is 0 Å². The molecule has 1 aromatic carbocycles. The number of nitrogens with one attached hydrogen (secondary N) is 1. The predicted octanol–water partition coefficient (Wildman–Crippen LogP) is 2.35. The first kappa shape index (κ1) is 12.3. The molecule has 1 aliphatic rings. The first-order valence-electron chi connectivity index (χ1n) is 5.45.